The molecule has 3 aromatic carbocycles. The van der Waals surface area contributed by atoms with Crippen molar-refractivity contribution in [3.63, 3.8) is 0 Å². The van der Waals surface area contributed by atoms with Crippen LogP contribution < -0.4 is 10.2 Å². The fraction of sp³-hybridized carbons (Fsp3) is 0.0455. The van der Waals surface area contributed by atoms with Gasteiger partial charge in [0.05, 0.1) is 5.39 Å². The molecule has 0 amide bonds. The molecule has 0 bridgehead atoms. The Hall–Kier alpha value is -3.40. The highest BCUT2D eigenvalue weighted by atomic mass is 19.1. The molecule has 26 heavy (non-hydrogen) atoms. The molecule has 0 N–H and O–H groups in total. The quantitative estimate of drug-likeness (QED) is 0.511. The first-order valence-electron chi connectivity index (χ1n) is 8.20. The number of halogens is 1. The van der Waals surface area contributed by atoms with E-state index < -0.39 is 0 Å². The fourth-order valence-corrected chi connectivity index (χ4v) is 2.75. The number of benzene rings is 3. The summed E-state index contributed by atoms with van der Waals surface area (Å²) in [6.45, 7) is 0.0889. The Kier molecular flexibility index (Phi) is 4.23. The van der Waals surface area contributed by atoms with Crippen LogP contribution in [0.15, 0.2) is 88.1 Å². The summed E-state index contributed by atoms with van der Waals surface area (Å²) in [5.41, 5.74) is 1.63. The van der Waals surface area contributed by atoms with Crippen LogP contribution >= 0.6 is 0 Å². The molecule has 0 saturated heterocycles. The molecule has 3 nitrogen and oxygen atoms in total. The minimum absolute atomic E-state index is 0.0889. The number of fused-ring (bicyclic) bond motifs is 1. The van der Waals surface area contributed by atoms with E-state index in [2.05, 4.69) is 0 Å². The third-order valence-corrected chi connectivity index (χ3v) is 4.11. The molecular formula is C22H15FO3. The maximum Gasteiger partial charge on any atom is 0.193 e. The minimum atomic E-state index is -0.319. The average Bonchev–Trinajstić information content (AvgIpc) is 2.68. The monoisotopic (exact) mass is 346 g/mol. The molecule has 0 spiro atoms. The first-order valence-corrected chi connectivity index (χ1v) is 8.20. The summed E-state index contributed by atoms with van der Waals surface area (Å²) >= 11 is 0. The molecule has 4 rings (SSSR count). The second-order valence-corrected chi connectivity index (χ2v) is 5.88. The zero-order valence-corrected chi connectivity index (χ0v) is 13.8. The molecule has 0 aliphatic heterocycles. The number of rotatable bonds is 4. The van der Waals surface area contributed by atoms with Crippen LogP contribution in [-0.2, 0) is 6.61 Å². The van der Waals surface area contributed by atoms with Gasteiger partial charge in [0.1, 0.15) is 29.5 Å². The molecule has 0 aliphatic carbocycles. The second kappa shape index (κ2) is 6.84. The summed E-state index contributed by atoms with van der Waals surface area (Å²) in [6, 6.07) is 22.4. The van der Waals surface area contributed by atoms with Gasteiger partial charge in [-0.1, -0.05) is 48.5 Å². The molecule has 0 atom stereocenters. The average molecular weight is 346 g/mol. The first-order chi connectivity index (χ1) is 12.7. The molecule has 1 heterocycles. The molecule has 0 fully saturated rings. The molecule has 0 radical (unpaired) electrons. The van der Waals surface area contributed by atoms with Crippen LogP contribution in [0.4, 0.5) is 4.39 Å². The lowest BCUT2D eigenvalue weighted by molar-refractivity contribution is 0.300. The van der Waals surface area contributed by atoms with Crippen LogP contribution in [0.5, 0.6) is 5.75 Å². The third-order valence-electron chi connectivity index (χ3n) is 4.11. The van der Waals surface area contributed by atoms with E-state index in [0.29, 0.717) is 28.0 Å². The standard InChI is InChI=1S/C22H15FO3/c23-19-9-5-4-8-16(19)14-25-17-10-11-21-18(12-17)20(24)13-22(26-21)15-6-2-1-3-7-15/h1-13H,14H2. The number of ether oxygens (including phenoxy) is 1. The zero-order valence-electron chi connectivity index (χ0n) is 13.8. The second-order valence-electron chi connectivity index (χ2n) is 5.88. The summed E-state index contributed by atoms with van der Waals surface area (Å²) < 4.78 is 25.2. The summed E-state index contributed by atoms with van der Waals surface area (Å²) in [6.07, 6.45) is 0. The molecule has 0 saturated carbocycles. The third kappa shape index (κ3) is 3.22. The topological polar surface area (TPSA) is 39.4 Å². The maximum atomic E-state index is 13.7. The molecule has 1 aromatic heterocycles. The van der Waals surface area contributed by atoms with Crippen molar-refractivity contribution >= 4 is 11.0 Å². The zero-order chi connectivity index (χ0) is 17.9. The van der Waals surface area contributed by atoms with Crippen LogP contribution in [0, 0.1) is 5.82 Å². The van der Waals surface area contributed by atoms with Gasteiger partial charge in [-0.15, -0.1) is 0 Å². The molecule has 0 aliphatic rings. The van der Waals surface area contributed by atoms with Crippen molar-refractivity contribution in [2.24, 2.45) is 0 Å². The Labute approximate surface area is 149 Å². The van der Waals surface area contributed by atoms with Gasteiger partial charge >= 0.3 is 0 Å². The van der Waals surface area contributed by atoms with Gasteiger partial charge in [-0.2, -0.15) is 0 Å². The highest BCUT2D eigenvalue weighted by molar-refractivity contribution is 5.80. The Morgan fingerprint density at radius 1 is 0.885 bits per heavy atom. The normalized spacial score (nSPS) is 10.8. The first kappa shape index (κ1) is 16.1. The maximum absolute atomic E-state index is 13.7. The summed E-state index contributed by atoms with van der Waals surface area (Å²) in [4.78, 5) is 12.5. The Morgan fingerprint density at radius 2 is 1.65 bits per heavy atom. The van der Waals surface area contributed by atoms with Gasteiger partial charge in [0, 0.05) is 17.2 Å². The number of hydrogen-bond donors (Lipinski definition) is 0. The van der Waals surface area contributed by atoms with Crippen molar-refractivity contribution in [1.82, 2.24) is 0 Å². The Bertz CT molecular complexity index is 1120. The van der Waals surface area contributed by atoms with Crippen molar-refractivity contribution in [2.45, 2.75) is 6.61 Å². The minimum Gasteiger partial charge on any atom is -0.489 e. The predicted octanol–water partition coefficient (Wildman–Crippen LogP) is 5.18. The van der Waals surface area contributed by atoms with Gasteiger partial charge in [-0.05, 0) is 24.3 Å². The van der Waals surface area contributed by atoms with E-state index in [0.717, 1.165) is 5.56 Å². The van der Waals surface area contributed by atoms with Gasteiger partial charge in [0.2, 0.25) is 0 Å². The van der Waals surface area contributed by atoms with Gasteiger partial charge in [0.25, 0.3) is 0 Å². The van der Waals surface area contributed by atoms with E-state index in [1.54, 1.807) is 36.4 Å². The fourth-order valence-electron chi connectivity index (χ4n) is 2.75. The SMILES string of the molecule is O=c1cc(-c2ccccc2)oc2ccc(OCc3ccccc3F)cc12. The molecule has 128 valence electrons. The van der Waals surface area contributed by atoms with Gasteiger partial charge < -0.3 is 9.15 Å². The largest absolute Gasteiger partial charge is 0.489 e. The predicted molar refractivity (Wildman–Crippen MR) is 98.7 cm³/mol. The molecular weight excluding hydrogens is 331 g/mol. The summed E-state index contributed by atoms with van der Waals surface area (Å²) in [5, 5.41) is 0.427. The van der Waals surface area contributed by atoms with Gasteiger partial charge in [0.15, 0.2) is 5.43 Å². The Morgan fingerprint density at radius 3 is 2.46 bits per heavy atom. The highest BCUT2D eigenvalue weighted by Gasteiger charge is 2.09. The lowest BCUT2D eigenvalue weighted by Gasteiger charge is -2.08. The van der Waals surface area contributed by atoms with Crippen LogP contribution in [0.1, 0.15) is 5.56 Å². The Balaban J connectivity index is 1.64. The van der Waals surface area contributed by atoms with E-state index in [1.165, 1.54) is 12.1 Å². The van der Waals surface area contributed by atoms with E-state index in [4.69, 9.17) is 9.15 Å². The van der Waals surface area contributed by atoms with Crippen LogP contribution in [0.2, 0.25) is 0 Å². The van der Waals surface area contributed by atoms with Crippen molar-refractivity contribution in [3.05, 3.63) is 100 Å². The lowest BCUT2D eigenvalue weighted by atomic mass is 10.1. The van der Waals surface area contributed by atoms with Crippen molar-refractivity contribution < 1.29 is 13.5 Å². The summed E-state index contributed by atoms with van der Waals surface area (Å²) in [7, 11) is 0. The highest BCUT2D eigenvalue weighted by Crippen LogP contribution is 2.25. The van der Waals surface area contributed by atoms with E-state index in [-0.39, 0.29) is 17.9 Å². The van der Waals surface area contributed by atoms with Gasteiger partial charge in [-0.25, -0.2) is 4.39 Å². The van der Waals surface area contributed by atoms with Gasteiger partial charge in [-0.3, -0.25) is 4.79 Å². The number of hydrogen-bond acceptors (Lipinski definition) is 3. The van der Waals surface area contributed by atoms with E-state index >= 15 is 0 Å². The lowest BCUT2D eigenvalue weighted by Crippen LogP contribution is -2.02. The van der Waals surface area contributed by atoms with Crippen LogP contribution in [-0.4, -0.2) is 0 Å². The molecule has 4 aromatic rings. The van der Waals surface area contributed by atoms with E-state index in [9.17, 15) is 9.18 Å². The van der Waals surface area contributed by atoms with E-state index in [1.807, 2.05) is 30.3 Å². The summed E-state index contributed by atoms with van der Waals surface area (Å²) in [5.74, 6) is 0.684. The van der Waals surface area contributed by atoms with Crippen LogP contribution in [0.3, 0.4) is 0 Å². The van der Waals surface area contributed by atoms with Crippen molar-refractivity contribution in [3.8, 4) is 17.1 Å². The van der Waals surface area contributed by atoms with Crippen molar-refractivity contribution in [1.29, 1.82) is 0 Å². The van der Waals surface area contributed by atoms with Crippen molar-refractivity contribution in [2.75, 3.05) is 0 Å². The molecule has 4 heteroatoms. The smallest absolute Gasteiger partial charge is 0.193 e. The van der Waals surface area contributed by atoms with Crippen LogP contribution in [0.25, 0.3) is 22.3 Å². The molecule has 0 unspecified atom stereocenters.